The normalized spacial score (nSPS) is 14.8. The summed E-state index contributed by atoms with van der Waals surface area (Å²) in [5.74, 6) is -0.957. The molecule has 0 fully saturated rings. The summed E-state index contributed by atoms with van der Waals surface area (Å²) in [5.41, 5.74) is 5.06. The molecule has 0 bridgehead atoms. The van der Waals surface area contributed by atoms with E-state index in [1.165, 1.54) is 0 Å². The van der Waals surface area contributed by atoms with Crippen molar-refractivity contribution in [2.75, 3.05) is 0 Å². The van der Waals surface area contributed by atoms with Gasteiger partial charge in [-0.1, -0.05) is 188 Å². The highest BCUT2D eigenvalue weighted by atomic mass is 15.0. The van der Waals surface area contributed by atoms with Crippen molar-refractivity contribution in [2.24, 2.45) is 0 Å². The highest BCUT2D eigenvalue weighted by Crippen LogP contribution is 2.48. The van der Waals surface area contributed by atoms with E-state index in [9.17, 15) is 2.74 Å². The Morgan fingerprint density at radius 3 is 1.61 bits per heavy atom. The van der Waals surface area contributed by atoms with Crippen LogP contribution in [0.5, 0.6) is 0 Å². The number of nitrogens with zero attached hydrogens (tertiary/aromatic N) is 4. The fourth-order valence-corrected chi connectivity index (χ4v) is 8.48. The summed E-state index contributed by atoms with van der Waals surface area (Å²) in [4.78, 5) is 13.9. The van der Waals surface area contributed by atoms with Crippen LogP contribution in [0.1, 0.15) is 19.2 Å². The maximum atomic E-state index is 9.25. The van der Waals surface area contributed by atoms with Crippen LogP contribution in [0.4, 0.5) is 0 Å². The van der Waals surface area contributed by atoms with Gasteiger partial charge in [0.2, 0.25) is 0 Å². The molecule has 0 aliphatic rings. The smallest absolute Gasteiger partial charge is 0.164 e. The number of hydrogen-bond donors (Lipinski definition) is 0. The van der Waals surface area contributed by atoms with Gasteiger partial charge in [0.25, 0.3) is 0 Å². The summed E-state index contributed by atoms with van der Waals surface area (Å²) in [6.45, 7) is 0. The molecule has 0 spiro atoms. The van der Waals surface area contributed by atoms with E-state index in [2.05, 4.69) is 82.3 Å². The minimum absolute atomic E-state index is 0.0978. The summed E-state index contributed by atoms with van der Waals surface area (Å²) in [5, 5.41) is 6.69. The zero-order chi connectivity index (χ0) is 52.5. The molecule has 2 heterocycles. The molecule has 2 aromatic heterocycles. The number of rotatable bonds is 7. The molecule has 0 saturated heterocycles. The highest BCUT2D eigenvalue weighted by molar-refractivity contribution is 6.37. The van der Waals surface area contributed by atoms with Gasteiger partial charge in [-0.25, -0.2) is 15.0 Å². The molecule has 0 saturated carbocycles. The van der Waals surface area contributed by atoms with Crippen molar-refractivity contribution in [3.63, 3.8) is 0 Å². The van der Waals surface area contributed by atoms with Gasteiger partial charge in [-0.3, -0.25) is 0 Å². The standard InChI is InChI=1S/C57H36N4/c1-4-16-37(17-5-1)38-30-32-40(33-31-38)56-58-55(39-18-6-2-7-19-39)59-57(60-56)42-21-14-20-41(36-42)44-24-10-11-25-45(44)49-34-35-51-54-52(49)47-27-13-12-26-46(47)48-28-15-29-50(53(48)54)61(51)43-22-8-3-9-23-43/h1-36H/i1D,2D,4D,5D,6D,7D,16D,17D,18D,19D,30D,31D,32D,33D. The molecule has 12 rings (SSSR count). The van der Waals surface area contributed by atoms with E-state index in [0.717, 1.165) is 71.3 Å². The van der Waals surface area contributed by atoms with Gasteiger partial charge in [-0.15, -0.1) is 0 Å². The average molecular weight is 791 g/mol. The first kappa shape index (κ1) is 23.4. The number of aromatic nitrogens is 4. The molecule has 12 aromatic rings. The van der Waals surface area contributed by atoms with Gasteiger partial charge in [0, 0.05) is 38.5 Å². The predicted molar refractivity (Wildman–Crippen MR) is 253 cm³/mol. The third-order valence-corrected chi connectivity index (χ3v) is 11.1. The van der Waals surface area contributed by atoms with E-state index in [-0.39, 0.29) is 5.82 Å². The minimum Gasteiger partial charge on any atom is -0.309 e. The van der Waals surface area contributed by atoms with Gasteiger partial charge >= 0.3 is 0 Å². The number of benzene rings is 10. The Morgan fingerprint density at radius 2 is 0.852 bits per heavy atom. The number of hydrogen-bond acceptors (Lipinski definition) is 3. The van der Waals surface area contributed by atoms with E-state index < -0.39 is 118 Å². The Kier molecular flexibility index (Phi) is 5.47. The lowest BCUT2D eigenvalue weighted by atomic mass is 9.87. The molecule has 0 aliphatic carbocycles. The monoisotopic (exact) mass is 790 g/mol. The third kappa shape index (κ3) is 5.80. The average Bonchev–Trinajstić information content (AvgIpc) is 3.87. The molecule has 0 radical (unpaired) electrons. The summed E-state index contributed by atoms with van der Waals surface area (Å²) >= 11 is 0. The summed E-state index contributed by atoms with van der Waals surface area (Å²) in [6, 6.07) is 34.9. The van der Waals surface area contributed by atoms with E-state index >= 15 is 0 Å². The van der Waals surface area contributed by atoms with Crippen LogP contribution in [-0.2, 0) is 0 Å². The van der Waals surface area contributed by atoms with E-state index in [0.29, 0.717) is 5.56 Å². The molecule has 0 aliphatic heterocycles. The second kappa shape index (κ2) is 14.3. The summed E-state index contributed by atoms with van der Waals surface area (Å²) in [7, 11) is 0. The van der Waals surface area contributed by atoms with Crippen LogP contribution in [0.2, 0.25) is 0 Å². The topological polar surface area (TPSA) is 43.6 Å². The van der Waals surface area contributed by atoms with Crippen molar-refractivity contribution in [3.8, 4) is 73.2 Å². The van der Waals surface area contributed by atoms with Crippen LogP contribution >= 0.6 is 0 Å². The van der Waals surface area contributed by atoms with Crippen molar-refractivity contribution >= 4 is 43.4 Å². The summed E-state index contributed by atoms with van der Waals surface area (Å²) < 4.78 is 124. The molecule has 0 unspecified atom stereocenters. The minimum atomic E-state index is -0.754. The molecular weight excluding hydrogens is 741 g/mol. The van der Waals surface area contributed by atoms with E-state index in [4.69, 9.17) is 26.4 Å². The molecule has 61 heavy (non-hydrogen) atoms. The Balaban J connectivity index is 1.08. The van der Waals surface area contributed by atoms with Crippen LogP contribution < -0.4 is 0 Å². The van der Waals surface area contributed by atoms with Crippen molar-refractivity contribution in [3.05, 3.63) is 218 Å². The van der Waals surface area contributed by atoms with Gasteiger partial charge in [-0.05, 0) is 79.9 Å². The number of fused-ring (bicyclic) bond motifs is 3. The molecule has 0 atom stereocenters. The highest BCUT2D eigenvalue weighted by Gasteiger charge is 2.23. The maximum Gasteiger partial charge on any atom is 0.164 e. The number of para-hydroxylation sites is 1. The quantitative estimate of drug-likeness (QED) is 0.151. The first-order chi connectivity index (χ1) is 36.1. The SMILES string of the molecule is [2H]c1c([2H])c([2H])c(-c2nc(-c3cccc(-c4ccccc4-c4ccc5c6c4c4ccccc4c4cccc(c46)n5-c4ccccc4)c3)nc(-c3c([2H])c([2H])c(-c4c([2H])c([2H])c([2H])c([2H])c4[2H])c([2H])c3[2H])n2)c([2H])c1[2H]. The fraction of sp³-hybridized carbons (Fsp3) is 0. The second-order valence-electron chi connectivity index (χ2n) is 14.5. The lowest BCUT2D eigenvalue weighted by Gasteiger charge is -2.16. The van der Waals surface area contributed by atoms with Crippen molar-refractivity contribution in [1.82, 2.24) is 19.5 Å². The van der Waals surface area contributed by atoms with Crippen LogP contribution in [0, 0.1) is 0 Å². The third-order valence-electron chi connectivity index (χ3n) is 11.1. The predicted octanol–water partition coefficient (Wildman–Crippen LogP) is 14.7. The van der Waals surface area contributed by atoms with Gasteiger partial charge in [-0.2, -0.15) is 0 Å². The molecule has 284 valence electrons. The lowest BCUT2D eigenvalue weighted by Crippen LogP contribution is -2.00. The second-order valence-corrected chi connectivity index (χ2v) is 14.5. The zero-order valence-electron chi connectivity index (χ0n) is 46.0. The molecule has 4 nitrogen and oxygen atoms in total. The van der Waals surface area contributed by atoms with Crippen molar-refractivity contribution < 1.29 is 19.2 Å². The van der Waals surface area contributed by atoms with Gasteiger partial charge in [0.05, 0.1) is 30.2 Å². The Labute approximate surface area is 372 Å². The Bertz CT molecular complexity index is 4340. The maximum absolute atomic E-state index is 9.25. The molecule has 10 aromatic carbocycles. The van der Waals surface area contributed by atoms with Crippen LogP contribution in [0.25, 0.3) is 117 Å². The first-order valence-corrected chi connectivity index (χ1v) is 19.6. The van der Waals surface area contributed by atoms with E-state index in [1.54, 1.807) is 12.1 Å². The zero-order valence-corrected chi connectivity index (χ0v) is 32.0. The van der Waals surface area contributed by atoms with Gasteiger partial charge in [0.1, 0.15) is 0 Å². The molecular formula is C57H36N4. The largest absolute Gasteiger partial charge is 0.309 e. The van der Waals surface area contributed by atoms with Crippen LogP contribution in [-0.4, -0.2) is 19.5 Å². The first-order valence-electron chi connectivity index (χ1n) is 26.6. The van der Waals surface area contributed by atoms with Gasteiger partial charge < -0.3 is 4.57 Å². The molecule has 0 N–H and O–H groups in total. The van der Waals surface area contributed by atoms with Crippen molar-refractivity contribution in [2.45, 2.75) is 0 Å². The molecule has 4 heteroatoms. The van der Waals surface area contributed by atoms with Crippen molar-refractivity contribution in [1.29, 1.82) is 0 Å². The lowest BCUT2D eigenvalue weighted by molar-refractivity contribution is 1.07. The van der Waals surface area contributed by atoms with Crippen LogP contribution in [0.3, 0.4) is 0 Å². The van der Waals surface area contributed by atoms with Crippen LogP contribution in [0.15, 0.2) is 218 Å². The fourth-order valence-electron chi connectivity index (χ4n) is 8.48. The Morgan fingerprint density at radius 1 is 0.328 bits per heavy atom. The molecule has 0 amide bonds. The van der Waals surface area contributed by atoms with E-state index in [1.807, 2.05) is 48.5 Å². The summed E-state index contributed by atoms with van der Waals surface area (Å²) in [6.07, 6.45) is 0. The van der Waals surface area contributed by atoms with Gasteiger partial charge in [0.15, 0.2) is 17.5 Å². The Hall–Kier alpha value is -8.21.